The minimum atomic E-state index is -0.183. The van der Waals surface area contributed by atoms with E-state index in [-0.39, 0.29) is 11.4 Å². The number of methoxy groups -OCH3 is 1. The minimum Gasteiger partial charge on any atom is -0.497 e. The number of halogens is 1. The van der Waals surface area contributed by atoms with E-state index in [2.05, 4.69) is 21.9 Å². The zero-order valence-electron chi connectivity index (χ0n) is 15.9. The van der Waals surface area contributed by atoms with Crippen LogP contribution in [0.25, 0.3) is 0 Å². The van der Waals surface area contributed by atoms with Gasteiger partial charge < -0.3 is 14.4 Å². The largest absolute Gasteiger partial charge is 0.497 e. The van der Waals surface area contributed by atoms with Crippen molar-refractivity contribution in [2.45, 2.75) is 25.0 Å². The van der Waals surface area contributed by atoms with Gasteiger partial charge in [-0.25, -0.2) is 4.39 Å². The average Bonchev–Trinajstić information content (AvgIpc) is 2.69. The van der Waals surface area contributed by atoms with E-state index in [4.69, 9.17) is 9.47 Å². The fraction of sp³-hybridized carbons (Fsp3) is 0.455. The molecule has 1 spiro atoms. The molecule has 0 aliphatic carbocycles. The highest BCUT2D eigenvalue weighted by Gasteiger charge is 2.40. The lowest BCUT2D eigenvalue weighted by Gasteiger charge is -2.48. The van der Waals surface area contributed by atoms with Crippen LogP contribution in [-0.4, -0.2) is 50.4 Å². The van der Waals surface area contributed by atoms with Crippen molar-refractivity contribution in [1.82, 2.24) is 4.90 Å². The lowest BCUT2D eigenvalue weighted by atomic mass is 9.90. The highest BCUT2D eigenvalue weighted by atomic mass is 19.1. The Morgan fingerprint density at radius 2 is 1.96 bits per heavy atom. The van der Waals surface area contributed by atoms with Gasteiger partial charge in [0.2, 0.25) is 0 Å². The first kappa shape index (κ1) is 18.3. The van der Waals surface area contributed by atoms with Gasteiger partial charge in [-0.05, 0) is 48.7 Å². The number of ether oxygens (including phenoxy) is 2. The van der Waals surface area contributed by atoms with Crippen molar-refractivity contribution in [3.63, 3.8) is 0 Å². The van der Waals surface area contributed by atoms with Crippen molar-refractivity contribution < 1.29 is 13.9 Å². The van der Waals surface area contributed by atoms with Gasteiger partial charge in [-0.3, -0.25) is 4.90 Å². The molecular formula is C22H27FN2O2. The van der Waals surface area contributed by atoms with Crippen LogP contribution in [0.2, 0.25) is 0 Å². The van der Waals surface area contributed by atoms with Gasteiger partial charge in [0.15, 0.2) is 0 Å². The summed E-state index contributed by atoms with van der Waals surface area (Å²) in [6.07, 6.45) is 2.12. The first-order valence-corrected chi connectivity index (χ1v) is 9.66. The average molecular weight is 370 g/mol. The maximum atomic E-state index is 13.6. The Balaban J connectivity index is 1.44. The summed E-state index contributed by atoms with van der Waals surface area (Å²) in [4.78, 5) is 4.74. The molecular weight excluding hydrogens is 343 g/mol. The van der Waals surface area contributed by atoms with Crippen LogP contribution in [0, 0.1) is 5.82 Å². The van der Waals surface area contributed by atoms with Crippen LogP contribution in [0.5, 0.6) is 5.75 Å². The normalized spacial score (nSPS) is 23.6. The summed E-state index contributed by atoms with van der Waals surface area (Å²) >= 11 is 0. The first-order valence-electron chi connectivity index (χ1n) is 9.66. The number of rotatable bonds is 4. The Bertz CT molecular complexity index is 763. The Hall–Kier alpha value is -2.11. The molecule has 2 aromatic carbocycles. The van der Waals surface area contributed by atoms with Crippen LogP contribution in [-0.2, 0) is 11.3 Å². The van der Waals surface area contributed by atoms with E-state index in [0.717, 1.165) is 63.6 Å². The number of benzene rings is 2. The molecule has 2 aliphatic heterocycles. The van der Waals surface area contributed by atoms with Gasteiger partial charge in [-0.1, -0.05) is 18.2 Å². The summed E-state index contributed by atoms with van der Waals surface area (Å²) in [6, 6.07) is 15.2. The van der Waals surface area contributed by atoms with Crippen molar-refractivity contribution in [1.29, 1.82) is 0 Å². The van der Waals surface area contributed by atoms with E-state index < -0.39 is 0 Å². The molecule has 2 aromatic rings. The topological polar surface area (TPSA) is 24.9 Å². The predicted octanol–water partition coefficient (Wildman–Crippen LogP) is 3.71. The zero-order valence-corrected chi connectivity index (χ0v) is 15.9. The van der Waals surface area contributed by atoms with Crippen LogP contribution >= 0.6 is 0 Å². The molecule has 0 aromatic heterocycles. The molecule has 4 rings (SSSR count). The summed E-state index contributed by atoms with van der Waals surface area (Å²) in [6.45, 7) is 5.27. The molecule has 1 atom stereocenters. The van der Waals surface area contributed by atoms with E-state index in [9.17, 15) is 4.39 Å². The monoisotopic (exact) mass is 370 g/mol. The third-order valence-electron chi connectivity index (χ3n) is 5.61. The van der Waals surface area contributed by atoms with Gasteiger partial charge in [-0.15, -0.1) is 0 Å². The lowest BCUT2D eigenvalue weighted by Crippen LogP contribution is -2.59. The van der Waals surface area contributed by atoms with Crippen molar-refractivity contribution >= 4 is 5.69 Å². The number of hydrogen-bond acceptors (Lipinski definition) is 4. The van der Waals surface area contributed by atoms with Gasteiger partial charge in [0, 0.05) is 38.4 Å². The minimum absolute atomic E-state index is 0.171. The molecule has 0 amide bonds. The molecule has 5 heteroatoms. The summed E-state index contributed by atoms with van der Waals surface area (Å²) in [5.41, 5.74) is 2.06. The summed E-state index contributed by atoms with van der Waals surface area (Å²) < 4.78 is 25.2. The van der Waals surface area contributed by atoms with Crippen LogP contribution in [0.1, 0.15) is 18.4 Å². The van der Waals surface area contributed by atoms with Gasteiger partial charge in [-0.2, -0.15) is 0 Å². The van der Waals surface area contributed by atoms with Crippen molar-refractivity contribution in [3.05, 3.63) is 59.9 Å². The predicted molar refractivity (Wildman–Crippen MR) is 105 cm³/mol. The number of anilines is 1. The van der Waals surface area contributed by atoms with Crippen LogP contribution in [0.4, 0.5) is 10.1 Å². The van der Waals surface area contributed by atoms with E-state index in [1.54, 1.807) is 19.2 Å². The van der Waals surface area contributed by atoms with E-state index in [1.165, 1.54) is 11.6 Å². The second kappa shape index (κ2) is 7.87. The smallest absolute Gasteiger partial charge is 0.125 e. The number of piperidine rings is 1. The maximum absolute atomic E-state index is 13.6. The number of morpholine rings is 1. The zero-order chi connectivity index (χ0) is 18.7. The Kier molecular flexibility index (Phi) is 5.32. The molecule has 0 radical (unpaired) electrons. The Morgan fingerprint density at radius 3 is 2.74 bits per heavy atom. The highest BCUT2D eigenvalue weighted by Crippen LogP contribution is 2.32. The molecule has 0 saturated carbocycles. The van der Waals surface area contributed by atoms with Crippen LogP contribution in [0.15, 0.2) is 48.5 Å². The molecule has 4 nitrogen and oxygen atoms in total. The van der Waals surface area contributed by atoms with Crippen molar-refractivity contribution in [2.75, 3.05) is 44.8 Å². The summed E-state index contributed by atoms with van der Waals surface area (Å²) in [5.74, 6) is 0.702. The quantitative estimate of drug-likeness (QED) is 0.819. The molecule has 2 aliphatic rings. The van der Waals surface area contributed by atoms with Crippen molar-refractivity contribution in [2.24, 2.45) is 0 Å². The summed E-state index contributed by atoms with van der Waals surface area (Å²) in [7, 11) is 1.69. The lowest BCUT2D eigenvalue weighted by molar-refractivity contribution is -0.116. The number of hydrogen-bond donors (Lipinski definition) is 0. The molecule has 144 valence electrons. The molecule has 0 N–H and O–H groups in total. The van der Waals surface area contributed by atoms with E-state index in [1.807, 2.05) is 18.2 Å². The molecule has 0 bridgehead atoms. The molecule has 27 heavy (non-hydrogen) atoms. The maximum Gasteiger partial charge on any atom is 0.125 e. The van der Waals surface area contributed by atoms with Crippen LogP contribution in [0.3, 0.4) is 0 Å². The molecule has 2 heterocycles. The Morgan fingerprint density at radius 1 is 1.11 bits per heavy atom. The molecule has 1 unspecified atom stereocenters. The van der Waals surface area contributed by atoms with E-state index in [0.29, 0.717) is 0 Å². The van der Waals surface area contributed by atoms with Crippen LogP contribution < -0.4 is 9.64 Å². The van der Waals surface area contributed by atoms with Gasteiger partial charge in [0.05, 0.1) is 19.3 Å². The second-order valence-corrected chi connectivity index (χ2v) is 7.60. The molecule has 2 saturated heterocycles. The van der Waals surface area contributed by atoms with Gasteiger partial charge in [0.1, 0.15) is 11.6 Å². The number of nitrogens with zero attached hydrogens (tertiary/aromatic N) is 2. The standard InChI is InChI=1S/C22H27FN2O2/c1-26-21-8-6-18(7-9-21)15-24-12-13-27-22(16-24)10-3-11-25(17-22)20-5-2-4-19(23)14-20/h2,4-9,14H,3,10-13,15-17H2,1H3. The van der Waals surface area contributed by atoms with Gasteiger partial charge >= 0.3 is 0 Å². The first-order chi connectivity index (χ1) is 13.2. The SMILES string of the molecule is COc1ccc(CN2CCOC3(CCCN(c4cccc(F)c4)C3)C2)cc1. The fourth-order valence-electron chi connectivity index (χ4n) is 4.29. The van der Waals surface area contributed by atoms with Gasteiger partial charge in [0.25, 0.3) is 0 Å². The second-order valence-electron chi connectivity index (χ2n) is 7.60. The Labute approximate surface area is 160 Å². The van der Waals surface area contributed by atoms with E-state index >= 15 is 0 Å². The third kappa shape index (κ3) is 4.25. The molecule has 2 fully saturated rings. The summed E-state index contributed by atoms with van der Waals surface area (Å²) in [5, 5.41) is 0. The third-order valence-corrected chi connectivity index (χ3v) is 5.61. The van der Waals surface area contributed by atoms with Crippen molar-refractivity contribution in [3.8, 4) is 5.75 Å². The highest BCUT2D eigenvalue weighted by molar-refractivity contribution is 5.47. The fourth-order valence-corrected chi connectivity index (χ4v) is 4.29.